The van der Waals surface area contributed by atoms with Crippen molar-refractivity contribution in [1.82, 2.24) is 0 Å². The predicted molar refractivity (Wildman–Crippen MR) is 250 cm³/mol. The lowest BCUT2D eigenvalue weighted by molar-refractivity contribution is -0.119. The lowest BCUT2D eigenvalue weighted by atomic mass is 9.47. The summed E-state index contributed by atoms with van der Waals surface area (Å²) < 4.78 is 16.0. The first kappa shape index (κ1) is 39.2. The van der Waals surface area contributed by atoms with Crippen LogP contribution in [0.5, 0.6) is 0 Å². The fourth-order valence-electron chi connectivity index (χ4n) is 12.7. The zero-order valence-electron chi connectivity index (χ0n) is 34.8. The van der Waals surface area contributed by atoms with Gasteiger partial charge in [-0.25, -0.2) is 0 Å². The smallest absolute Gasteiger partial charge is 0.288 e. The van der Waals surface area contributed by atoms with E-state index in [-0.39, 0.29) is 22.7 Å². The van der Waals surface area contributed by atoms with Gasteiger partial charge in [0.25, 0.3) is 16.6 Å². The third kappa shape index (κ3) is 6.48. The Morgan fingerprint density at radius 2 is 0.933 bits per heavy atom. The number of ketones is 1. The third-order valence-corrected chi connectivity index (χ3v) is 23.6. The van der Waals surface area contributed by atoms with Crippen molar-refractivity contribution in [2.75, 3.05) is 6.61 Å². The van der Waals surface area contributed by atoms with Gasteiger partial charge in [0.2, 0.25) is 0 Å². The molecule has 5 heteroatoms. The van der Waals surface area contributed by atoms with Crippen molar-refractivity contribution in [1.29, 1.82) is 0 Å². The van der Waals surface area contributed by atoms with Crippen LogP contribution in [0.1, 0.15) is 58.3 Å². The Bertz CT molecular complexity index is 2230. The minimum atomic E-state index is -2.97. The van der Waals surface area contributed by atoms with Crippen molar-refractivity contribution in [3.05, 3.63) is 194 Å². The Kier molecular flexibility index (Phi) is 10.6. The highest BCUT2D eigenvalue weighted by molar-refractivity contribution is 7.07. The van der Waals surface area contributed by atoms with E-state index < -0.39 is 16.6 Å². The Morgan fingerprint density at radius 3 is 1.38 bits per heavy atom. The van der Waals surface area contributed by atoms with E-state index in [0.717, 1.165) is 38.5 Å². The molecular weight excluding hydrogens is 765 g/mol. The summed E-state index contributed by atoms with van der Waals surface area (Å²) in [6.07, 6.45) is 10.3. The summed E-state index contributed by atoms with van der Waals surface area (Å²) in [7, 11) is -5.87. The van der Waals surface area contributed by atoms with Crippen LogP contribution in [0.4, 0.5) is 0 Å². The van der Waals surface area contributed by atoms with Crippen molar-refractivity contribution in [2.45, 2.75) is 64.4 Å². The topological polar surface area (TPSA) is 35.5 Å². The molecule has 10 rings (SSSR count). The third-order valence-electron chi connectivity index (χ3n) is 15.5. The van der Waals surface area contributed by atoms with Crippen LogP contribution in [-0.2, 0) is 13.6 Å². The molecule has 4 aliphatic carbocycles. The van der Waals surface area contributed by atoms with Crippen LogP contribution in [-0.4, -0.2) is 35.1 Å². The fraction of sp³-hybridized carbons (Fsp3) is 0.291. The van der Waals surface area contributed by atoms with Crippen molar-refractivity contribution in [2.24, 2.45) is 28.6 Å². The average molecular weight is 821 g/mol. The van der Waals surface area contributed by atoms with Crippen molar-refractivity contribution in [3.8, 4) is 0 Å². The van der Waals surface area contributed by atoms with Gasteiger partial charge < -0.3 is 8.85 Å². The first-order chi connectivity index (χ1) is 29.5. The summed E-state index contributed by atoms with van der Waals surface area (Å²) in [5, 5.41) is 7.71. The van der Waals surface area contributed by atoms with E-state index in [0.29, 0.717) is 30.8 Å². The Labute approximate surface area is 358 Å². The van der Waals surface area contributed by atoms with Crippen LogP contribution < -0.4 is 31.1 Å². The molecule has 3 saturated carbocycles. The molecule has 6 aromatic rings. The first-order valence-corrected chi connectivity index (χ1v) is 26.2. The minimum absolute atomic E-state index is 0.0438. The largest absolute Gasteiger partial charge is 0.403 e. The standard InChI is InChI=1S/C55H56O3Si2/c1-54-38-37-52-50(51(54)34-35-53(54)58-60(47-26-14-5-15-27-47,48-28-16-6-17-29-48)49-30-18-7-19-31-49)33-32-42-40-43(56)36-39-55(42,52)41-57-59(44-20-8-2-9-21-44,45-22-10-3-11-23-45)46-24-12-4-13-25-46/h2-31,40,50-53H,32-39,41H2,1H3/t50-,51-,52-,53-,54-,55+/m0/s1. The van der Waals surface area contributed by atoms with Gasteiger partial charge in [-0.3, -0.25) is 4.79 Å². The molecule has 0 N–H and O–H groups in total. The maximum atomic E-state index is 13.3. The molecule has 0 amide bonds. The van der Waals surface area contributed by atoms with Gasteiger partial charge >= 0.3 is 0 Å². The van der Waals surface area contributed by atoms with Crippen LogP contribution in [0, 0.1) is 28.6 Å². The van der Waals surface area contributed by atoms with E-state index in [1.54, 1.807) is 0 Å². The molecule has 4 aliphatic rings. The van der Waals surface area contributed by atoms with E-state index in [1.807, 2.05) is 0 Å². The highest BCUT2D eigenvalue weighted by atomic mass is 28.4. The second-order valence-electron chi connectivity index (χ2n) is 18.3. The number of benzene rings is 6. The number of carbonyl (C=O) groups is 1. The van der Waals surface area contributed by atoms with Crippen molar-refractivity contribution < 1.29 is 13.6 Å². The monoisotopic (exact) mass is 820 g/mol. The van der Waals surface area contributed by atoms with Gasteiger partial charge in [-0.15, -0.1) is 0 Å². The molecule has 0 aromatic heterocycles. The molecular formula is C55H56O3Si2. The normalized spacial score (nSPS) is 26.4. The van der Waals surface area contributed by atoms with E-state index >= 15 is 0 Å². The summed E-state index contributed by atoms with van der Waals surface area (Å²) in [6, 6.07) is 66.4. The highest BCUT2D eigenvalue weighted by Gasteiger charge is 2.62. The predicted octanol–water partition coefficient (Wildman–Crippen LogP) is 8.23. The molecule has 302 valence electrons. The van der Waals surface area contributed by atoms with E-state index in [9.17, 15) is 4.79 Å². The molecule has 6 aromatic carbocycles. The van der Waals surface area contributed by atoms with Crippen LogP contribution in [0.2, 0.25) is 0 Å². The first-order valence-electron chi connectivity index (χ1n) is 22.4. The number of hydrogen-bond donors (Lipinski definition) is 0. The molecule has 0 bridgehead atoms. The lowest BCUT2D eigenvalue weighted by Gasteiger charge is -2.59. The quantitative estimate of drug-likeness (QED) is 0.0977. The maximum Gasteiger partial charge on any atom is 0.288 e. The summed E-state index contributed by atoms with van der Waals surface area (Å²) in [5.41, 5.74) is 1.22. The van der Waals surface area contributed by atoms with Crippen LogP contribution in [0.3, 0.4) is 0 Å². The SMILES string of the molecule is C[C@]12CC[C@H]3[C@@H](CCC4=CC(=O)CC[C@@]43CO[Si](c3ccccc3)(c3ccccc3)c3ccccc3)[C@@H]1CC[C@@H]2O[Si](c1ccccc1)(c1ccccc1)c1ccccc1. The number of fused-ring (bicyclic) bond motifs is 5. The molecule has 3 fully saturated rings. The van der Waals surface area contributed by atoms with Crippen LogP contribution in [0.15, 0.2) is 194 Å². The molecule has 0 heterocycles. The molecule has 3 nitrogen and oxygen atoms in total. The van der Waals surface area contributed by atoms with Gasteiger partial charge in [0.15, 0.2) is 5.78 Å². The second-order valence-corrected chi connectivity index (χ2v) is 25.0. The Morgan fingerprint density at radius 1 is 0.500 bits per heavy atom. The minimum Gasteiger partial charge on any atom is -0.403 e. The van der Waals surface area contributed by atoms with Gasteiger partial charge in [0.1, 0.15) is 0 Å². The number of rotatable bonds is 11. The molecule has 0 radical (unpaired) electrons. The lowest BCUT2D eigenvalue weighted by Crippen LogP contribution is -2.71. The van der Waals surface area contributed by atoms with E-state index in [1.165, 1.54) is 43.1 Å². The number of carbonyl (C=O) groups excluding carboxylic acids is 1. The Hall–Kier alpha value is -4.92. The molecule has 0 unspecified atom stereocenters. The van der Waals surface area contributed by atoms with Crippen LogP contribution in [0.25, 0.3) is 0 Å². The van der Waals surface area contributed by atoms with Gasteiger partial charge in [0.05, 0.1) is 6.10 Å². The fourth-order valence-corrected chi connectivity index (χ4v) is 20.9. The van der Waals surface area contributed by atoms with Crippen molar-refractivity contribution in [3.63, 3.8) is 0 Å². The highest BCUT2D eigenvalue weighted by Crippen LogP contribution is 2.66. The number of hydrogen-bond acceptors (Lipinski definition) is 3. The van der Waals surface area contributed by atoms with Gasteiger partial charge in [-0.1, -0.05) is 194 Å². The van der Waals surface area contributed by atoms with Gasteiger partial charge in [-0.2, -0.15) is 0 Å². The zero-order valence-corrected chi connectivity index (χ0v) is 36.8. The van der Waals surface area contributed by atoms with Crippen molar-refractivity contribution >= 4 is 53.5 Å². The average Bonchev–Trinajstić information content (AvgIpc) is 3.65. The second kappa shape index (κ2) is 16.2. The molecule has 60 heavy (non-hydrogen) atoms. The zero-order chi connectivity index (χ0) is 40.6. The van der Waals surface area contributed by atoms with Gasteiger partial charge in [-0.05, 0) is 105 Å². The summed E-state index contributed by atoms with van der Waals surface area (Å²) >= 11 is 0. The summed E-state index contributed by atoms with van der Waals surface area (Å²) in [4.78, 5) is 13.3. The summed E-state index contributed by atoms with van der Waals surface area (Å²) in [6.45, 7) is 3.22. The van der Waals surface area contributed by atoms with Crippen LogP contribution >= 0.6 is 0 Å². The molecule has 0 saturated heterocycles. The van der Waals surface area contributed by atoms with E-state index in [4.69, 9.17) is 8.85 Å². The molecule has 0 aliphatic heterocycles. The molecule has 0 spiro atoms. The maximum absolute atomic E-state index is 13.3. The summed E-state index contributed by atoms with van der Waals surface area (Å²) in [5.74, 6) is 1.84. The molecule has 6 atom stereocenters. The van der Waals surface area contributed by atoms with Gasteiger partial charge in [0, 0.05) is 18.4 Å². The Balaban J connectivity index is 1.03. The van der Waals surface area contributed by atoms with E-state index in [2.05, 4.69) is 195 Å².